The number of benzene rings is 2. The average molecular weight is 424 g/mol. The first-order valence-electron chi connectivity index (χ1n) is 10.5. The van der Waals surface area contributed by atoms with Crippen molar-refractivity contribution in [1.29, 1.82) is 0 Å². The lowest BCUT2D eigenvalue weighted by molar-refractivity contribution is -0.138. The Balaban J connectivity index is 1.78. The van der Waals surface area contributed by atoms with Crippen molar-refractivity contribution < 1.29 is 19.0 Å². The van der Waals surface area contributed by atoms with E-state index in [0.29, 0.717) is 43.3 Å². The zero-order valence-corrected chi connectivity index (χ0v) is 18.2. The van der Waals surface area contributed by atoms with Crippen LogP contribution in [0.15, 0.2) is 54.7 Å². The second-order valence-corrected chi connectivity index (χ2v) is 6.78. The van der Waals surface area contributed by atoms with Crippen molar-refractivity contribution in [2.24, 2.45) is 0 Å². The normalized spacial score (nSPS) is 11.0. The summed E-state index contributed by atoms with van der Waals surface area (Å²) in [5, 5.41) is 7.93. The number of rotatable bonds is 11. The zero-order chi connectivity index (χ0) is 22.1. The second kappa shape index (κ2) is 11.3. The van der Waals surface area contributed by atoms with Crippen molar-refractivity contribution in [2.75, 3.05) is 32.2 Å². The summed E-state index contributed by atoms with van der Waals surface area (Å²) in [4.78, 5) is 17.4. The topological polar surface area (TPSA) is 81.7 Å². The van der Waals surface area contributed by atoms with Gasteiger partial charge in [0.05, 0.1) is 18.4 Å². The van der Waals surface area contributed by atoms with Crippen LogP contribution in [0.1, 0.15) is 30.6 Å². The maximum atomic E-state index is 12.9. The van der Waals surface area contributed by atoms with Crippen LogP contribution in [0, 0.1) is 0 Å². The number of methoxy groups -OCH3 is 1. The minimum atomic E-state index is -0.322. The van der Waals surface area contributed by atoms with E-state index in [4.69, 9.17) is 14.2 Å². The minimum Gasteiger partial charge on any atom is -0.495 e. The predicted octanol–water partition coefficient (Wildman–Crippen LogP) is 4.51. The summed E-state index contributed by atoms with van der Waals surface area (Å²) in [7, 11) is 1.63. The number of hydrogen-bond donors (Lipinski definition) is 2. The lowest BCUT2D eigenvalue weighted by atomic mass is 10.1. The summed E-state index contributed by atoms with van der Waals surface area (Å²) in [6, 6.07) is 15.3. The number of ether oxygens (including phenoxy) is 3. The van der Waals surface area contributed by atoms with E-state index in [1.165, 1.54) is 0 Å². The van der Waals surface area contributed by atoms with Crippen LogP contribution < -0.4 is 15.4 Å². The van der Waals surface area contributed by atoms with Gasteiger partial charge in [-0.3, -0.25) is 4.79 Å². The number of hydrogen-bond acceptors (Lipinski definition) is 6. The number of carbonyl (C=O) groups is 1. The third-order valence-corrected chi connectivity index (χ3v) is 4.77. The number of pyridine rings is 1. The number of para-hydroxylation sites is 2. The molecule has 3 aromatic rings. The molecule has 7 nitrogen and oxygen atoms in total. The van der Waals surface area contributed by atoms with Crippen LogP contribution in [-0.4, -0.2) is 44.0 Å². The third kappa shape index (κ3) is 5.71. The first-order valence-corrected chi connectivity index (χ1v) is 10.5. The van der Waals surface area contributed by atoms with E-state index in [9.17, 15) is 4.79 Å². The summed E-state index contributed by atoms with van der Waals surface area (Å²) in [5.74, 6) is 1.19. The fraction of sp³-hybridized carbons (Fsp3) is 0.333. The van der Waals surface area contributed by atoms with Gasteiger partial charge in [-0.05, 0) is 31.4 Å². The van der Waals surface area contributed by atoms with Crippen molar-refractivity contribution >= 4 is 28.2 Å². The molecule has 0 radical (unpaired) electrons. The molecule has 0 aliphatic heterocycles. The molecule has 3 rings (SSSR count). The molecule has 0 atom stereocenters. The predicted molar refractivity (Wildman–Crippen MR) is 122 cm³/mol. The van der Waals surface area contributed by atoms with Gasteiger partial charge >= 0.3 is 0 Å². The van der Waals surface area contributed by atoms with Crippen molar-refractivity contribution in [3.63, 3.8) is 0 Å². The van der Waals surface area contributed by atoms with E-state index < -0.39 is 0 Å². The number of fused-ring (bicyclic) bond motifs is 1. The zero-order valence-electron chi connectivity index (χ0n) is 18.2. The summed E-state index contributed by atoms with van der Waals surface area (Å²) in [6.07, 6.45) is 1.85. The van der Waals surface area contributed by atoms with Gasteiger partial charge in [0.15, 0.2) is 6.29 Å². The van der Waals surface area contributed by atoms with Crippen molar-refractivity contribution in [3.8, 4) is 5.75 Å². The first-order chi connectivity index (χ1) is 15.2. The lowest BCUT2D eigenvalue weighted by Crippen LogP contribution is -2.29. The van der Waals surface area contributed by atoms with Crippen LogP contribution in [-0.2, 0) is 9.47 Å². The van der Waals surface area contributed by atoms with Gasteiger partial charge in [0.1, 0.15) is 11.6 Å². The summed E-state index contributed by atoms with van der Waals surface area (Å²) < 4.78 is 16.5. The molecule has 0 bridgehead atoms. The van der Waals surface area contributed by atoms with Crippen LogP contribution in [0.3, 0.4) is 0 Å². The van der Waals surface area contributed by atoms with Gasteiger partial charge in [0, 0.05) is 37.8 Å². The molecule has 7 heteroatoms. The number of carbonyl (C=O) groups excluding carboxylic acids is 1. The molecule has 0 saturated carbocycles. The number of nitrogens with one attached hydrogen (secondary N) is 2. The summed E-state index contributed by atoms with van der Waals surface area (Å²) in [5.41, 5.74) is 1.32. The van der Waals surface area contributed by atoms with E-state index in [-0.39, 0.29) is 12.2 Å². The fourth-order valence-electron chi connectivity index (χ4n) is 3.33. The van der Waals surface area contributed by atoms with Crippen LogP contribution in [0.2, 0.25) is 0 Å². The Kier molecular flexibility index (Phi) is 8.20. The molecule has 1 aromatic heterocycles. The Bertz CT molecular complexity index is 1000. The Morgan fingerprint density at radius 2 is 1.68 bits per heavy atom. The maximum absolute atomic E-state index is 12.9. The highest BCUT2D eigenvalue weighted by molar-refractivity contribution is 6.09. The second-order valence-electron chi connectivity index (χ2n) is 6.78. The molecule has 2 N–H and O–H groups in total. The Hall–Kier alpha value is -3.16. The van der Waals surface area contributed by atoms with E-state index in [1.54, 1.807) is 13.3 Å². The van der Waals surface area contributed by atoms with E-state index in [0.717, 1.165) is 16.5 Å². The van der Waals surface area contributed by atoms with E-state index >= 15 is 0 Å². The van der Waals surface area contributed by atoms with E-state index in [1.807, 2.05) is 62.4 Å². The number of aromatic nitrogens is 1. The molecule has 31 heavy (non-hydrogen) atoms. The highest BCUT2D eigenvalue weighted by Gasteiger charge is 2.15. The standard InChI is InChI=1S/C24H29N3O4/c1-4-30-22(31-5-2)14-15-25-24(28)19-16-26-23(18-11-7-6-10-17(18)19)27-20-12-8-9-13-21(20)29-3/h6-13,16,22H,4-5,14-15H2,1-3H3,(H,25,28)(H,26,27). The van der Waals surface area contributed by atoms with Gasteiger partial charge in [-0.2, -0.15) is 0 Å². The van der Waals surface area contributed by atoms with Crippen LogP contribution in [0.5, 0.6) is 5.75 Å². The van der Waals surface area contributed by atoms with Crippen molar-refractivity contribution in [2.45, 2.75) is 26.6 Å². The fourth-order valence-corrected chi connectivity index (χ4v) is 3.33. The quantitative estimate of drug-likeness (QED) is 0.442. The molecule has 0 saturated heterocycles. The smallest absolute Gasteiger partial charge is 0.253 e. The Labute approximate surface area is 182 Å². The maximum Gasteiger partial charge on any atom is 0.253 e. The van der Waals surface area contributed by atoms with Crippen LogP contribution in [0.25, 0.3) is 10.8 Å². The molecule has 1 amide bonds. The summed E-state index contributed by atoms with van der Waals surface area (Å²) in [6.45, 7) is 5.41. The van der Waals surface area contributed by atoms with Crippen molar-refractivity contribution in [1.82, 2.24) is 10.3 Å². The molecule has 1 heterocycles. The number of nitrogens with zero attached hydrogens (tertiary/aromatic N) is 1. The average Bonchev–Trinajstić information content (AvgIpc) is 2.80. The first kappa shape index (κ1) is 22.5. The van der Waals surface area contributed by atoms with Gasteiger partial charge in [-0.1, -0.05) is 36.4 Å². The highest BCUT2D eigenvalue weighted by Crippen LogP contribution is 2.31. The SMILES string of the molecule is CCOC(CCNC(=O)c1cnc(Nc2ccccc2OC)c2ccccc12)OCC. The molecule has 2 aromatic carbocycles. The van der Waals surface area contributed by atoms with Crippen LogP contribution in [0.4, 0.5) is 11.5 Å². The van der Waals surface area contributed by atoms with E-state index in [2.05, 4.69) is 15.6 Å². The van der Waals surface area contributed by atoms with Gasteiger partial charge < -0.3 is 24.8 Å². The third-order valence-electron chi connectivity index (χ3n) is 4.77. The van der Waals surface area contributed by atoms with Gasteiger partial charge in [-0.25, -0.2) is 4.98 Å². The largest absolute Gasteiger partial charge is 0.495 e. The molecular weight excluding hydrogens is 394 g/mol. The number of anilines is 2. The molecule has 0 unspecified atom stereocenters. The molecule has 164 valence electrons. The van der Waals surface area contributed by atoms with Gasteiger partial charge in [-0.15, -0.1) is 0 Å². The Morgan fingerprint density at radius 3 is 2.39 bits per heavy atom. The minimum absolute atomic E-state index is 0.181. The molecule has 0 spiro atoms. The van der Waals surface area contributed by atoms with Gasteiger partial charge in [0.25, 0.3) is 5.91 Å². The molecule has 0 aliphatic carbocycles. The molecular formula is C24H29N3O4. The van der Waals surface area contributed by atoms with Crippen LogP contribution >= 0.6 is 0 Å². The van der Waals surface area contributed by atoms with Crippen molar-refractivity contribution in [3.05, 3.63) is 60.3 Å². The highest BCUT2D eigenvalue weighted by atomic mass is 16.7. The number of amides is 1. The summed E-state index contributed by atoms with van der Waals surface area (Å²) >= 11 is 0. The monoisotopic (exact) mass is 423 g/mol. The molecule has 0 fully saturated rings. The lowest BCUT2D eigenvalue weighted by Gasteiger charge is -2.17. The molecule has 0 aliphatic rings. The Morgan fingerprint density at radius 1 is 1.00 bits per heavy atom. The van der Waals surface area contributed by atoms with Gasteiger partial charge in [0.2, 0.25) is 0 Å².